The topological polar surface area (TPSA) is 276 Å². The normalized spacial score (nSPS) is 39.8. The molecular weight excluding hydrogens is 507 g/mol. The standard InChI is InChI=1S/C11H16N3O15P3/c12-6(15)1-4-2-14(11(19)13-9(4)18)10-8(17)7(16)5(26-10)3-25-32(24)28-30(20,21)27-31(22,23)29-32/h2,5,7-8,10,16-17H,1,3H2,(H2,12,15)(H,20,21)(H,22,23)(H,13,18,19)/t5-,7+,8+,10-/m1/s1. The van der Waals surface area contributed by atoms with Crippen LogP contribution in [-0.4, -0.2) is 60.4 Å². The van der Waals surface area contributed by atoms with Crippen LogP contribution in [0.15, 0.2) is 15.8 Å². The van der Waals surface area contributed by atoms with E-state index in [9.17, 15) is 48.1 Å². The monoisotopic (exact) mass is 523 g/mol. The molecule has 180 valence electrons. The van der Waals surface area contributed by atoms with Gasteiger partial charge in [-0.1, -0.05) is 0 Å². The van der Waals surface area contributed by atoms with Crippen molar-refractivity contribution in [2.45, 2.75) is 31.0 Å². The summed E-state index contributed by atoms with van der Waals surface area (Å²) in [6.45, 7) is -1.00. The Bertz CT molecular complexity index is 1150. The number of nitrogens with one attached hydrogen (secondary N) is 1. The zero-order valence-electron chi connectivity index (χ0n) is 15.4. The highest BCUT2D eigenvalue weighted by atomic mass is 31.3. The van der Waals surface area contributed by atoms with Crippen molar-refractivity contribution in [1.29, 1.82) is 0 Å². The van der Waals surface area contributed by atoms with Crippen LogP contribution in [0, 0.1) is 0 Å². The lowest BCUT2D eigenvalue weighted by Crippen LogP contribution is -2.39. The number of aliphatic hydroxyl groups is 2. The quantitative estimate of drug-likeness (QED) is 0.212. The molecular formula is C11H16N3O15P3. The molecule has 3 heterocycles. The van der Waals surface area contributed by atoms with Crippen LogP contribution in [0.2, 0.25) is 0 Å². The molecule has 1 amide bonds. The number of hydrogen-bond donors (Lipinski definition) is 6. The number of nitrogens with two attached hydrogens (primary N) is 1. The third-order valence-corrected chi connectivity index (χ3v) is 9.39. The molecule has 6 atom stereocenters. The maximum atomic E-state index is 12.3. The second-order valence-corrected chi connectivity index (χ2v) is 11.4. The number of nitrogens with zero attached hydrogens (tertiary/aromatic N) is 1. The largest absolute Gasteiger partial charge is 0.492 e. The summed E-state index contributed by atoms with van der Waals surface area (Å²) in [5, 5.41) is 20.4. The molecule has 0 aliphatic carbocycles. The Morgan fingerprint density at radius 1 is 1.12 bits per heavy atom. The Labute approximate surface area is 176 Å². The fourth-order valence-corrected chi connectivity index (χ4v) is 7.70. The Hall–Kier alpha value is -1.52. The van der Waals surface area contributed by atoms with Crippen molar-refractivity contribution in [3.05, 3.63) is 32.6 Å². The molecule has 3 rings (SSSR count). The number of hydrogen-bond acceptors (Lipinski definition) is 13. The Balaban J connectivity index is 1.79. The molecule has 2 aliphatic rings. The molecule has 0 aromatic carbocycles. The number of aliphatic hydroxyl groups excluding tert-OH is 2. The van der Waals surface area contributed by atoms with E-state index in [1.54, 1.807) is 0 Å². The zero-order chi connectivity index (χ0) is 24.1. The van der Waals surface area contributed by atoms with E-state index in [0.717, 1.165) is 6.20 Å². The average Bonchev–Trinajstić information content (AvgIpc) is 2.87. The van der Waals surface area contributed by atoms with Gasteiger partial charge in [-0.25, -0.2) is 18.5 Å². The van der Waals surface area contributed by atoms with Gasteiger partial charge >= 0.3 is 29.2 Å². The van der Waals surface area contributed by atoms with Gasteiger partial charge in [0.25, 0.3) is 5.56 Å². The summed E-state index contributed by atoms with van der Waals surface area (Å²) >= 11 is 0. The minimum atomic E-state index is -5.30. The van der Waals surface area contributed by atoms with Gasteiger partial charge < -0.3 is 30.5 Å². The molecule has 18 nitrogen and oxygen atoms in total. The van der Waals surface area contributed by atoms with Gasteiger partial charge in [0.1, 0.15) is 18.3 Å². The van der Waals surface area contributed by atoms with Gasteiger partial charge in [0.15, 0.2) is 6.23 Å². The summed E-state index contributed by atoms with van der Waals surface area (Å²) in [5.74, 6) is -0.900. The van der Waals surface area contributed by atoms with Gasteiger partial charge in [-0.05, 0) is 0 Å². The molecule has 21 heteroatoms. The first-order valence-corrected chi connectivity index (χ1v) is 12.7. The summed E-state index contributed by atoms with van der Waals surface area (Å²) in [4.78, 5) is 55.2. The molecule has 2 fully saturated rings. The molecule has 0 bridgehead atoms. The first kappa shape index (κ1) is 25.1. The molecule has 1 aromatic heterocycles. The maximum absolute atomic E-state index is 12.3. The highest BCUT2D eigenvalue weighted by Crippen LogP contribution is 2.80. The fraction of sp³-hybridized carbons (Fsp3) is 0.545. The van der Waals surface area contributed by atoms with Crippen LogP contribution in [0.3, 0.4) is 0 Å². The second-order valence-electron chi connectivity index (χ2n) is 6.44. The number of rotatable bonds is 6. The minimum absolute atomic E-state index is 0.257. The molecule has 32 heavy (non-hydrogen) atoms. The molecule has 0 radical (unpaired) electrons. The van der Waals surface area contributed by atoms with Crippen molar-refractivity contribution in [2.75, 3.05) is 6.61 Å². The van der Waals surface area contributed by atoms with Crippen molar-refractivity contribution in [2.24, 2.45) is 5.73 Å². The van der Waals surface area contributed by atoms with Crippen molar-refractivity contribution >= 4 is 29.4 Å². The average molecular weight is 523 g/mol. The van der Waals surface area contributed by atoms with E-state index in [-0.39, 0.29) is 5.56 Å². The number of aromatic amines is 1. The van der Waals surface area contributed by atoms with Gasteiger partial charge in [0.05, 0.1) is 13.0 Å². The van der Waals surface area contributed by atoms with Crippen LogP contribution < -0.4 is 17.0 Å². The third-order valence-electron chi connectivity index (χ3n) is 4.03. The lowest BCUT2D eigenvalue weighted by molar-refractivity contribution is -0.117. The van der Waals surface area contributed by atoms with Crippen LogP contribution in [-0.2, 0) is 47.1 Å². The number of carbonyl (C=O) groups is 1. The van der Waals surface area contributed by atoms with Crippen LogP contribution in [0.5, 0.6) is 0 Å². The second kappa shape index (κ2) is 8.68. The first-order valence-electron chi connectivity index (χ1n) is 8.30. The highest BCUT2D eigenvalue weighted by Gasteiger charge is 2.55. The number of carbonyl (C=O) groups excluding carboxylic acids is 1. The number of amides is 1. The molecule has 0 spiro atoms. The molecule has 2 saturated heterocycles. The first-order chi connectivity index (χ1) is 14.6. The summed E-state index contributed by atoms with van der Waals surface area (Å²) in [6, 6.07) is 0. The summed E-state index contributed by atoms with van der Waals surface area (Å²) in [6.07, 6.45) is -6.60. The Morgan fingerprint density at radius 2 is 1.72 bits per heavy atom. The summed E-state index contributed by atoms with van der Waals surface area (Å²) in [7, 11) is -15.8. The predicted molar refractivity (Wildman–Crippen MR) is 96.6 cm³/mol. The van der Waals surface area contributed by atoms with Crippen molar-refractivity contribution in [1.82, 2.24) is 9.55 Å². The number of aromatic nitrogens is 2. The van der Waals surface area contributed by atoms with Gasteiger partial charge in [0, 0.05) is 11.8 Å². The molecule has 2 unspecified atom stereocenters. The lowest BCUT2D eigenvalue weighted by Gasteiger charge is -2.27. The zero-order valence-corrected chi connectivity index (χ0v) is 18.1. The van der Waals surface area contributed by atoms with Crippen LogP contribution in [0.1, 0.15) is 11.8 Å². The molecule has 2 aliphatic heterocycles. The van der Waals surface area contributed by atoms with E-state index in [0.29, 0.717) is 4.57 Å². The fourth-order valence-electron chi connectivity index (χ4n) is 2.77. The van der Waals surface area contributed by atoms with Crippen molar-refractivity contribution < 1.29 is 60.7 Å². The summed E-state index contributed by atoms with van der Waals surface area (Å²) in [5.41, 5.74) is 2.75. The Morgan fingerprint density at radius 3 is 2.28 bits per heavy atom. The van der Waals surface area contributed by atoms with E-state index in [4.69, 9.17) is 10.5 Å². The van der Waals surface area contributed by atoms with Crippen LogP contribution in [0.25, 0.3) is 0 Å². The van der Waals surface area contributed by atoms with Crippen LogP contribution in [0.4, 0.5) is 0 Å². The van der Waals surface area contributed by atoms with Gasteiger partial charge in [-0.15, -0.1) is 0 Å². The van der Waals surface area contributed by atoms with Gasteiger partial charge in [-0.2, -0.15) is 12.9 Å². The van der Waals surface area contributed by atoms with Crippen LogP contribution >= 0.6 is 23.5 Å². The minimum Gasteiger partial charge on any atom is -0.387 e. The van der Waals surface area contributed by atoms with E-state index in [2.05, 4.69) is 17.5 Å². The molecule has 7 N–H and O–H groups in total. The number of phosphoric acid groups is 3. The third kappa shape index (κ3) is 5.51. The maximum Gasteiger partial charge on any atom is 0.492 e. The Kier molecular flexibility index (Phi) is 6.81. The van der Waals surface area contributed by atoms with Gasteiger partial charge in [0.2, 0.25) is 5.91 Å². The van der Waals surface area contributed by atoms with Crippen molar-refractivity contribution in [3.8, 4) is 0 Å². The number of H-pyrrole nitrogens is 1. The number of ether oxygens (including phenoxy) is 1. The smallest absolute Gasteiger partial charge is 0.387 e. The highest BCUT2D eigenvalue weighted by molar-refractivity contribution is 7.74. The predicted octanol–water partition coefficient (Wildman–Crippen LogP) is -2.43. The molecule has 1 aromatic rings. The SMILES string of the molecule is NC(=O)Cc1cn([C@@H]2O[C@H](COP3(=O)OP(=O)(O)OP(=O)(O)O3)[C@H](O)[C@@H]2O)c(=O)[nH]c1=O. The van der Waals surface area contributed by atoms with E-state index in [1.807, 2.05) is 4.98 Å². The summed E-state index contributed by atoms with van der Waals surface area (Å²) < 4.78 is 57.4. The van der Waals surface area contributed by atoms with E-state index >= 15 is 0 Å². The van der Waals surface area contributed by atoms with Gasteiger partial charge in [-0.3, -0.25) is 23.7 Å². The molecule has 0 saturated carbocycles. The number of primary amides is 1. The van der Waals surface area contributed by atoms with E-state index in [1.165, 1.54) is 0 Å². The lowest BCUT2D eigenvalue weighted by atomic mass is 10.1. The van der Waals surface area contributed by atoms with E-state index < -0.39 is 78.2 Å². The van der Waals surface area contributed by atoms with Crippen molar-refractivity contribution in [3.63, 3.8) is 0 Å².